The number of rotatable bonds is 7. The molecule has 0 atom stereocenters. The summed E-state index contributed by atoms with van der Waals surface area (Å²) < 4.78 is 33.3. The zero-order chi connectivity index (χ0) is 21.3. The number of carbonyl (C=O) groups is 1. The van der Waals surface area contributed by atoms with E-state index < -0.39 is 10.0 Å². The van der Waals surface area contributed by atoms with Crippen LogP contribution in [0.25, 0.3) is 10.8 Å². The molecule has 0 bridgehead atoms. The number of nitrogens with one attached hydrogen (secondary N) is 2. The first-order valence-corrected chi connectivity index (χ1v) is 11.8. The average molecular weight is 489 g/mol. The van der Waals surface area contributed by atoms with E-state index in [0.717, 1.165) is 34.9 Å². The van der Waals surface area contributed by atoms with Crippen molar-refractivity contribution in [3.63, 3.8) is 0 Å². The predicted molar refractivity (Wildman–Crippen MR) is 119 cm³/mol. The van der Waals surface area contributed by atoms with E-state index in [0.29, 0.717) is 11.0 Å². The first-order valence-electron chi connectivity index (χ1n) is 9.52. The lowest BCUT2D eigenvalue weighted by atomic mass is 10.1. The molecule has 1 fully saturated rings. The summed E-state index contributed by atoms with van der Waals surface area (Å²) in [5, 5.41) is 4.96. The molecule has 30 heavy (non-hydrogen) atoms. The Balaban J connectivity index is 1.49. The molecule has 0 aliphatic heterocycles. The largest absolute Gasteiger partial charge is 0.497 e. The molecule has 0 heterocycles. The number of carbonyl (C=O) groups excluding carboxylic acids is 1. The maximum absolute atomic E-state index is 12.7. The van der Waals surface area contributed by atoms with Crippen molar-refractivity contribution in [3.05, 3.63) is 70.2 Å². The number of ether oxygens (including phenoxy) is 1. The average Bonchev–Trinajstić information content (AvgIpc) is 3.55. The molecule has 1 amide bonds. The minimum Gasteiger partial charge on any atom is -0.497 e. The Bertz CT molecular complexity index is 1220. The van der Waals surface area contributed by atoms with Crippen LogP contribution < -0.4 is 14.8 Å². The highest BCUT2D eigenvalue weighted by molar-refractivity contribution is 9.10. The van der Waals surface area contributed by atoms with Crippen molar-refractivity contribution in [2.75, 3.05) is 7.11 Å². The fourth-order valence-corrected chi connectivity index (χ4v) is 4.88. The monoisotopic (exact) mass is 488 g/mol. The number of hydrogen-bond donors (Lipinski definition) is 2. The van der Waals surface area contributed by atoms with Gasteiger partial charge in [-0.3, -0.25) is 4.79 Å². The molecule has 0 radical (unpaired) electrons. The van der Waals surface area contributed by atoms with Gasteiger partial charge >= 0.3 is 0 Å². The van der Waals surface area contributed by atoms with Crippen LogP contribution in [0.2, 0.25) is 0 Å². The van der Waals surface area contributed by atoms with Crippen molar-refractivity contribution in [3.8, 4) is 5.75 Å². The normalized spacial score (nSPS) is 13.9. The highest BCUT2D eigenvalue weighted by atomic mass is 79.9. The van der Waals surface area contributed by atoms with Crippen molar-refractivity contribution >= 4 is 42.6 Å². The number of halogens is 1. The lowest BCUT2D eigenvalue weighted by Gasteiger charge is -2.11. The van der Waals surface area contributed by atoms with Gasteiger partial charge in [0.15, 0.2) is 0 Å². The number of benzene rings is 3. The van der Waals surface area contributed by atoms with Gasteiger partial charge < -0.3 is 10.1 Å². The van der Waals surface area contributed by atoms with Gasteiger partial charge in [-0.15, -0.1) is 0 Å². The first-order chi connectivity index (χ1) is 14.4. The van der Waals surface area contributed by atoms with Crippen LogP contribution in [0.5, 0.6) is 5.75 Å². The van der Waals surface area contributed by atoms with Crippen LogP contribution in [-0.4, -0.2) is 27.5 Å². The summed E-state index contributed by atoms with van der Waals surface area (Å²) in [5.41, 5.74) is 1.22. The Morgan fingerprint density at radius 1 is 1.07 bits per heavy atom. The molecular formula is C22H21BrN2O4S. The van der Waals surface area contributed by atoms with Crippen LogP contribution >= 0.6 is 15.9 Å². The van der Waals surface area contributed by atoms with Gasteiger partial charge in [0.1, 0.15) is 5.75 Å². The van der Waals surface area contributed by atoms with Gasteiger partial charge in [0, 0.05) is 17.1 Å². The Morgan fingerprint density at radius 2 is 1.80 bits per heavy atom. The molecule has 0 spiro atoms. The van der Waals surface area contributed by atoms with E-state index >= 15 is 0 Å². The minimum atomic E-state index is -3.63. The third-order valence-electron chi connectivity index (χ3n) is 4.96. The molecule has 3 aromatic rings. The standard InChI is InChI=1S/C22H21BrN2O4S/c1-29-18-7-4-15-10-14(2-3-16(15)11-18)13-24-22(26)20-12-19(8-9-21(20)23)30(27,28)25-17-5-6-17/h2-4,7-12,17,25H,5-6,13H2,1H3,(H,24,26). The molecule has 6 nitrogen and oxygen atoms in total. The second kappa shape index (κ2) is 8.37. The third-order valence-corrected chi connectivity index (χ3v) is 7.17. The summed E-state index contributed by atoms with van der Waals surface area (Å²) in [4.78, 5) is 12.8. The Morgan fingerprint density at radius 3 is 2.53 bits per heavy atom. The van der Waals surface area contributed by atoms with Gasteiger partial charge in [-0.1, -0.05) is 18.2 Å². The lowest BCUT2D eigenvalue weighted by Crippen LogP contribution is -2.27. The van der Waals surface area contributed by atoms with E-state index in [1.54, 1.807) is 13.2 Å². The van der Waals surface area contributed by atoms with Crippen molar-refractivity contribution in [1.82, 2.24) is 10.0 Å². The van der Waals surface area contributed by atoms with Crippen molar-refractivity contribution < 1.29 is 17.9 Å². The van der Waals surface area contributed by atoms with E-state index in [2.05, 4.69) is 26.0 Å². The number of amides is 1. The van der Waals surface area contributed by atoms with E-state index in [1.807, 2.05) is 36.4 Å². The van der Waals surface area contributed by atoms with Crippen LogP contribution in [0, 0.1) is 0 Å². The first kappa shape index (κ1) is 20.8. The van der Waals surface area contributed by atoms with E-state index in [4.69, 9.17) is 4.74 Å². The molecule has 156 valence electrons. The molecule has 0 saturated heterocycles. The van der Waals surface area contributed by atoms with Gasteiger partial charge in [-0.2, -0.15) is 0 Å². The van der Waals surface area contributed by atoms with Gasteiger partial charge in [-0.05, 0) is 81.5 Å². The predicted octanol–water partition coefficient (Wildman–Crippen LogP) is 3.98. The molecule has 2 N–H and O–H groups in total. The van der Waals surface area contributed by atoms with E-state index in [1.165, 1.54) is 12.1 Å². The number of sulfonamides is 1. The van der Waals surface area contributed by atoms with Gasteiger partial charge in [-0.25, -0.2) is 13.1 Å². The Kier molecular flexibility index (Phi) is 5.81. The topological polar surface area (TPSA) is 84.5 Å². The number of fused-ring (bicyclic) bond motifs is 1. The Hall–Kier alpha value is -2.42. The maximum Gasteiger partial charge on any atom is 0.252 e. The van der Waals surface area contributed by atoms with Crippen molar-refractivity contribution in [1.29, 1.82) is 0 Å². The smallest absolute Gasteiger partial charge is 0.252 e. The quantitative estimate of drug-likeness (QED) is 0.526. The summed E-state index contributed by atoms with van der Waals surface area (Å²) in [6, 6.07) is 16.2. The van der Waals surface area contributed by atoms with E-state index in [-0.39, 0.29) is 22.4 Å². The lowest BCUT2D eigenvalue weighted by molar-refractivity contribution is 0.0950. The van der Waals surface area contributed by atoms with Crippen LogP contribution in [0.4, 0.5) is 0 Å². The molecule has 1 saturated carbocycles. The Labute approximate surface area is 183 Å². The molecule has 4 rings (SSSR count). The number of hydrogen-bond acceptors (Lipinski definition) is 4. The second-order valence-electron chi connectivity index (χ2n) is 7.27. The zero-order valence-corrected chi connectivity index (χ0v) is 18.7. The summed E-state index contributed by atoms with van der Waals surface area (Å²) in [6.45, 7) is 0.324. The minimum absolute atomic E-state index is 0.00351. The van der Waals surface area contributed by atoms with Crippen LogP contribution in [0.3, 0.4) is 0 Å². The molecule has 1 aliphatic rings. The van der Waals surface area contributed by atoms with Crippen LogP contribution in [0.15, 0.2) is 64.0 Å². The summed E-state index contributed by atoms with van der Waals surface area (Å²) >= 11 is 3.35. The number of methoxy groups -OCH3 is 1. The highest BCUT2D eigenvalue weighted by Crippen LogP contribution is 2.25. The molecule has 0 aromatic heterocycles. The van der Waals surface area contributed by atoms with Crippen molar-refractivity contribution in [2.24, 2.45) is 0 Å². The summed E-state index contributed by atoms with van der Waals surface area (Å²) in [5.74, 6) is 0.444. The SMILES string of the molecule is COc1ccc2cc(CNC(=O)c3cc(S(=O)(=O)NC4CC4)ccc3Br)ccc2c1. The highest BCUT2D eigenvalue weighted by Gasteiger charge is 2.28. The van der Waals surface area contributed by atoms with Crippen LogP contribution in [0.1, 0.15) is 28.8 Å². The zero-order valence-electron chi connectivity index (χ0n) is 16.3. The summed E-state index contributed by atoms with van der Waals surface area (Å²) in [6.07, 6.45) is 1.70. The fourth-order valence-electron chi connectivity index (χ4n) is 3.12. The van der Waals surface area contributed by atoms with Crippen LogP contribution in [-0.2, 0) is 16.6 Å². The molecular weight excluding hydrogens is 468 g/mol. The third kappa shape index (κ3) is 4.66. The van der Waals surface area contributed by atoms with E-state index in [9.17, 15) is 13.2 Å². The fraction of sp³-hybridized carbons (Fsp3) is 0.227. The molecule has 8 heteroatoms. The molecule has 1 aliphatic carbocycles. The molecule has 3 aromatic carbocycles. The van der Waals surface area contributed by atoms with Gasteiger partial charge in [0.05, 0.1) is 17.6 Å². The molecule has 0 unspecified atom stereocenters. The van der Waals surface area contributed by atoms with Gasteiger partial charge in [0.2, 0.25) is 10.0 Å². The maximum atomic E-state index is 12.7. The second-order valence-corrected chi connectivity index (χ2v) is 9.84. The van der Waals surface area contributed by atoms with Crippen molar-refractivity contribution in [2.45, 2.75) is 30.3 Å². The van der Waals surface area contributed by atoms with Gasteiger partial charge in [0.25, 0.3) is 5.91 Å². The summed E-state index contributed by atoms with van der Waals surface area (Å²) in [7, 11) is -2.00.